The summed E-state index contributed by atoms with van der Waals surface area (Å²) in [5.41, 5.74) is 0.806. The number of hydrogen-bond acceptors (Lipinski definition) is 5. The Kier molecular flexibility index (Phi) is 6.00. The number of carbonyl (C=O) groups excluding carboxylic acids is 2. The molecule has 1 saturated heterocycles. The zero-order valence-corrected chi connectivity index (χ0v) is 15.8. The molecule has 6 nitrogen and oxygen atoms in total. The van der Waals surface area contributed by atoms with Crippen molar-refractivity contribution in [3.63, 3.8) is 0 Å². The van der Waals surface area contributed by atoms with Gasteiger partial charge in [-0.15, -0.1) is 11.8 Å². The minimum atomic E-state index is -0.256. The van der Waals surface area contributed by atoms with Gasteiger partial charge in [0.25, 0.3) is 5.91 Å². The second-order valence-electron chi connectivity index (χ2n) is 6.20. The van der Waals surface area contributed by atoms with Gasteiger partial charge in [0, 0.05) is 36.8 Å². The molecule has 138 valence electrons. The van der Waals surface area contributed by atoms with Crippen molar-refractivity contribution in [3.8, 4) is 0 Å². The van der Waals surface area contributed by atoms with Crippen LogP contribution in [0.2, 0.25) is 0 Å². The summed E-state index contributed by atoms with van der Waals surface area (Å²) in [5.74, 6) is 0.229. The van der Waals surface area contributed by atoms with Crippen LogP contribution in [0.3, 0.4) is 0 Å². The van der Waals surface area contributed by atoms with E-state index in [4.69, 9.17) is 4.42 Å². The number of rotatable bonds is 5. The number of anilines is 1. The molecule has 0 radical (unpaired) electrons. The van der Waals surface area contributed by atoms with Crippen molar-refractivity contribution in [1.29, 1.82) is 0 Å². The molecule has 2 heterocycles. The summed E-state index contributed by atoms with van der Waals surface area (Å²) in [6.07, 6.45) is 3.51. The Labute approximate surface area is 157 Å². The number of nitrogens with zero attached hydrogens (tertiary/aromatic N) is 2. The molecule has 1 N–H and O–H groups in total. The first-order valence-corrected chi connectivity index (χ1v) is 9.82. The molecule has 3 rings (SSSR count). The number of hydrogen-bond donors (Lipinski definition) is 1. The van der Waals surface area contributed by atoms with E-state index < -0.39 is 0 Å². The van der Waals surface area contributed by atoms with E-state index in [1.807, 2.05) is 37.4 Å². The van der Waals surface area contributed by atoms with Crippen molar-refractivity contribution in [2.75, 3.05) is 37.8 Å². The molecule has 1 unspecified atom stereocenters. The first-order valence-electron chi connectivity index (χ1n) is 8.60. The summed E-state index contributed by atoms with van der Waals surface area (Å²) in [7, 11) is 0. The third kappa shape index (κ3) is 4.28. The van der Waals surface area contributed by atoms with E-state index >= 15 is 0 Å². The molecule has 0 aliphatic carbocycles. The van der Waals surface area contributed by atoms with Gasteiger partial charge >= 0.3 is 0 Å². The SMILES string of the molecule is CSc1cccc(NC(=O)C(C)N2CCN(C(=O)c3ccco3)CC2)c1. The zero-order chi connectivity index (χ0) is 18.5. The molecular weight excluding hydrogens is 350 g/mol. The van der Waals surface area contributed by atoms with E-state index in [9.17, 15) is 9.59 Å². The summed E-state index contributed by atoms with van der Waals surface area (Å²) in [5, 5.41) is 2.98. The first-order chi connectivity index (χ1) is 12.6. The highest BCUT2D eigenvalue weighted by Crippen LogP contribution is 2.19. The molecule has 1 aromatic heterocycles. The van der Waals surface area contributed by atoms with E-state index in [1.54, 1.807) is 28.8 Å². The smallest absolute Gasteiger partial charge is 0.289 e. The van der Waals surface area contributed by atoms with Gasteiger partial charge in [-0.05, 0) is 43.5 Å². The average Bonchev–Trinajstić information content (AvgIpc) is 3.22. The van der Waals surface area contributed by atoms with Crippen LogP contribution < -0.4 is 5.32 Å². The lowest BCUT2D eigenvalue weighted by molar-refractivity contribution is -0.121. The average molecular weight is 373 g/mol. The molecule has 1 aromatic carbocycles. The van der Waals surface area contributed by atoms with Crippen molar-refractivity contribution in [2.24, 2.45) is 0 Å². The van der Waals surface area contributed by atoms with E-state index in [-0.39, 0.29) is 17.9 Å². The molecule has 1 aliphatic heterocycles. The number of amides is 2. The van der Waals surface area contributed by atoms with Gasteiger partial charge in [-0.1, -0.05) is 6.07 Å². The van der Waals surface area contributed by atoms with Gasteiger partial charge in [0.2, 0.25) is 5.91 Å². The van der Waals surface area contributed by atoms with Crippen molar-refractivity contribution in [1.82, 2.24) is 9.80 Å². The van der Waals surface area contributed by atoms with Gasteiger partial charge in [0.05, 0.1) is 12.3 Å². The lowest BCUT2D eigenvalue weighted by Crippen LogP contribution is -2.54. The lowest BCUT2D eigenvalue weighted by Gasteiger charge is -2.37. The number of thioether (sulfide) groups is 1. The van der Waals surface area contributed by atoms with Crippen LogP contribution >= 0.6 is 11.8 Å². The standard InChI is InChI=1S/C19H23N3O3S/c1-14(18(23)20-15-5-3-6-16(13-15)26-2)21-8-10-22(11-9-21)19(24)17-7-4-12-25-17/h3-7,12-14H,8-11H2,1-2H3,(H,20,23). The highest BCUT2D eigenvalue weighted by molar-refractivity contribution is 7.98. The number of carbonyl (C=O) groups is 2. The van der Waals surface area contributed by atoms with Crippen LogP contribution in [0.4, 0.5) is 5.69 Å². The van der Waals surface area contributed by atoms with Crippen LogP contribution in [0, 0.1) is 0 Å². The Bertz CT molecular complexity index is 755. The minimum absolute atomic E-state index is 0.0333. The van der Waals surface area contributed by atoms with E-state index in [0.29, 0.717) is 31.9 Å². The Morgan fingerprint density at radius 2 is 1.92 bits per heavy atom. The Hall–Kier alpha value is -2.25. The van der Waals surface area contributed by atoms with Crippen LogP contribution in [0.15, 0.2) is 52.0 Å². The second-order valence-corrected chi connectivity index (χ2v) is 7.08. The topological polar surface area (TPSA) is 65.8 Å². The van der Waals surface area contributed by atoms with Gasteiger partial charge < -0.3 is 14.6 Å². The van der Waals surface area contributed by atoms with E-state index in [1.165, 1.54) is 6.26 Å². The third-order valence-electron chi connectivity index (χ3n) is 4.60. The third-order valence-corrected chi connectivity index (χ3v) is 5.32. The summed E-state index contributed by atoms with van der Waals surface area (Å²) in [4.78, 5) is 29.8. The fourth-order valence-corrected chi connectivity index (χ4v) is 3.44. The van der Waals surface area contributed by atoms with Crippen LogP contribution in [0.25, 0.3) is 0 Å². The fourth-order valence-electron chi connectivity index (χ4n) is 2.98. The van der Waals surface area contributed by atoms with E-state index in [2.05, 4.69) is 10.2 Å². The molecule has 0 spiro atoms. The molecule has 1 fully saturated rings. The van der Waals surface area contributed by atoms with Crippen LogP contribution in [-0.4, -0.2) is 60.1 Å². The molecule has 7 heteroatoms. The van der Waals surface area contributed by atoms with Gasteiger partial charge in [0.15, 0.2) is 5.76 Å². The number of nitrogens with one attached hydrogen (secondary N) is 1. The predicted molar refractivity (Wildman–Crippen MR) is 102 cm³/mol. The lowest BCUT2D eigenvalue weighted by atomic mass is 10.2. The van der Waals surface area contributed by atoms with Crippen LogP contribution in [0.1, 0.15) is 17.5 Å². The van der Waals surface area contributed by atoms with Crippen molar-refractivity contribution < 1.29 is 14.0 Å². The molecule has 2 amide bonds. The van der Waals surface area contributed by atoms with Crippen LogP contribution in [-0.2, 0) is 4.79 Å². The van der Waals surface area contributed by atoms with Crippen LogP contribution in [0.5, 0.6) is 0 Å². The molecular formula is C19H23N3O3S. The molecule has 26 heavy (non-hydrogen) atoms. The summed E-state index contributed by atoms with van der Waals surface area (Å²) in [6, 6.07) is 10.9. The number of furan rings is 1. The maximum absolute atomic E-state index is 12.6. The minimum Gasteiger partial charge on any atom is -0.459 e. The Morgan fingerprint density at radius 3 is 2.58 bits per heavy atom. The quantitative estimate of drug-likeness (QED) is 0.817. The van der Waals surface area contributed by atoms with Crippen molar-refractivity contribution in [2.45, 2.75) is 17.9 Å². The summed E-state index contributed by atoms with van der Waals surface area (Å²) in [6.45, 7) is 4.38. The van der Waals surface area contributed by atoms with Gasteiger partial charge in [-0.2, -0.15) is 0 Å². The Balaban J connectivity index is 1.53. The van der Waals surface area contributed by atoms with Gasteiger partial charge in [-0.25, -0.2) is 0 Å². The fraction of sp³-hybridized carbons (Fsp3) is 0.368. The maximum atomic E-state index is 12.6. The monoisotopic (exact) mass is 373 g/mol. The van der Waals surface area contributed by atoms with Crippen molar-refractivity contribution >= 4 is 29.3 Å². The molecule has 1 atom stereocenters. The summed E-state index contributed by atoms with van der Waals surface area (Å²) < 4.78 is 5.18. The van der Waals surface area contributed by atoms with E-state index in [0.717, 1.165) is 10.6 Å². The Morgan fingerprint density at radius 1 is 1.15 bits per heavy atom. The number of piperazine rings is 1. The van der Waals surface area contributed by atoms with Gasteiger partial charge in [0.1, 0.15) is 0 Å². The molecule has 2 aromatic rings. The van der Waals surface area contributed by atoms with Gasteiger partial charge in [-0.3, -0.25) is 14.5 Å². The first kappa shape index (κ1) is 18.5. The molecule has 1 aliphatic rings. The second kappa shape index (κ2) is 8.42. The molecule has 0 saturated carbocycles. The normalized spacial score (nSPS) is 16.3. The highest BCUT2D eigenvalue weighted by atomic mass is 32.2. The van der Waals surface area contributed by atoms with Crippen molar-refractivity contribution in [3.05, 3.63) is 48.4 Å². The maximum Gasteiger partial charge on any atom is 0.289 e. The predicted octanol–water partition coefficient (Wildman–Crippen LogP) is 2.79. The molecule has 0 bridgehead atoms. The summed E-state index contributed by atoms with van der Waals surface area (Å²) >= 11 is 1.64. The zero-order valence-electron chi connectivity index (χ0n) is 15.0. The number of benzene rings is 1. The highest BCUT2D eigenvalue weighted by Gasteiger charge is 2.28. The largest absolute Gasteiger partial charge is 0.459 e.